The van der Waals surface area contributed by atoms with Crippen molar-refractivity contribution in [1.29, 1.82) is 0 Å². The van der Waals surface area contributed by atoms with Gasteiger partial charge in [-0.05, 0) is 56.2 Å². The zero-order chi connectivity index (χ0) is 17.8. The van der Waals surface area contributed by atoms with Gasteiger partial charge in [0.05, 0.1) is 18.8 Å². The van der Waals surface area contributed by atoms with Crippen LogP contribution in [0, 0.1) is 0 Å². The summed E-state index contributed by atoms with van der Waals surface area (Å²) in [5.41, 5.74) is 0.945. The number of benzene rings is 1. The summed E-state index contributed by atoms with van der Waals surface area (Å²) in [5, 5.41) is 11.0. The van der Waals surface area contributed by atoms with E-state index in [0.29, 0.717) is 6.61 Å². The molecule has 0 radical (unpaired) electrons. The third kappa shape index (κ3) is 5.61. The van der Waals surface area contributed by atoms with E-state index in [1.54, 1.807) is 11.8 Å². The second kappa shape index (κ2) is 8.16. The van der Waals surface area contributed by atoms with Crippen molar-refractivity contribution in [3.05, 3.63) is 29.8 Å². The summed E-state index contributed by atoms with van der Waals surface area (Å²) in [4.78, 5) is 3.26. The van der Waals surface area contributed by atoms with Crippen LogP contribution in [0.15, 0.2) is 29.2 Å². The molecule has 0 fully saturated rings. The van der Waals surface area contributed by atoms with Crippen LogP contribution in [0.25, 0.3) is 0 Å². The van der Waals surface area contributed by atoms with Crippen molar-refractivity contribution in [1.82, 2.24) is 4.90 Å². The Morgan fingerprint density at radius 2 is 1.70 bits per heavy atom. The van der Waals surface area contributed by atoms with Crippen molar-refractivity contribution in [2.75, 3.05) is 27.0 Å². The number of nitrogens with zero attached hydrogens (tertiary/aromatic N) is 1. The van der Waals surface area contributed by atoms with Crippen molar-refractivity contribution >= 4 is 20.1 Å². The van der Waals surface area contributed by atoms with Crippen molar-refractivity contribution < 1.29 is 9.53 Å². The van der Waals surface area contributed by atoms with Gasteiger partial charge >= 0.3 is 0 Å². The molecule has 0 spiro atoms. The van der Waals surface area contributed by atoms with E-state index in [-0.39, 0.29) is 11.1 Å². The van der Waals surface area contributed by atoms with Crippen LogP contribution in [0.2, 0.25) is 18.1 Å². The maximum Gasteiger partial charge on any atom is 0.192 e. The molecule has 0 aliphatic heterocycles. The Hall–Kier alpha value is -0.333. The van der Waals surface area contributed by atoms with Crippen LogP contribution in [0.1, 0.15) is 32.4 Å². The molecule has 0 unspecified atom stereocenters. The molecule has 3 nitrogen and oxygen atoms in total. The Morgan fingerprint density at radius 3 is 2.09 bits per heavy atom. The van der Waals surface area contributed by atoms with Gasteiger partial charge in [0.1, 0.15) is 0 Å². The highest BCUT2D eigenvalue weighted by Crippen LogP contribution is 2.37. The fraction of sp³-hybridized carbons (Fsp3) is 0.667. The fourth-order valence-corrected chi connectivity index (χ4v) is 3.48. The van der Waals surface area contributed by atoms with Crippen LogP contribution in [-0.4, -0.2) is 51.3 Å². The molecule has 1 N–H and O–H groups in total. The van der Waals surface area contributed by atoms with E-state index in [2.05, 4.69) is 57.2 Å². The Balaban J connectivity index is 2.85. The quantitative estimate of drug-likeness (QED) is 0.581. The van der Waals surface area contributed by atoms with Crippen LogP contribution in [0.4, 0.5) is 0 Å². The Kier molecular flexibility index (Phi) is 7.35. The third-order valence-corrected chi connectivity index (χ3v) is 10.2. The van der Waals surface area contributed by atoms with Crippen molar-refractivity contribution in [2.24, 2.45) is 0 Å². The molecule has 132 valence electrons. The molecule has 0 heterocycles. The van der Waals surface area contributed by atoms with Crippen LogP contribution in [0.5, 0.6) is 0 Å². The molecule has 1 aromatic carbocycles. The summed E-state index contributed by atoms with van der Waals surface area (Å²) < 4.78 is 6.34. The lowest BCUT2D eigenvalue weighted by atomic mass is 10.0. The van der Waals surface area contributed by atoms with E-state index in [1.165, 1.54) is 4.90 Å². The highest BCUT2D eigenvalue weighted by atomic mass is 32.2. The van der Waals surface area contributed by atoms with Gasteiger partial charge in [0.2, 0.25) is 0 Å². The van der Waals surface area contributed by atoms with Gasteiger partial charge in [-0.1, -0.05) is 32.9 Å². The average molecular weight is 356 g/mol. The number of thioether (sulfide) groups is 1. The first-order valence-electron chi connectivity index (χ1n) is 8.12. The number of hydrogen-bond acceptors (Lipinski definition) is 4. The second-order valence-electron chi connectivity index (χ2n) is 7.82. The number of likely N-dealkylation sites (N-methyl/N-ethyl adjacent to an activating group) is 1. The first kappa shape index (κ1) is 20.7. The molecule has 0 aliphatic rings. The first-order chi connectivity index (χ1) is 10.5. The molecule has 1 aromatic rings. The van der Waals surface area contributed by atoms with E-state index >= 15 is 0 Å². The lowest BCUT2D eigenvalue weighted by molar-refractivity contribution is 0.0420. The molecular weight excluding hydrogens is 322 g/mol. The molecule has 0 aliphatic carbocycles. The molecule has 0 amide bonds. The summed E-state index contributed by atoms with van der Waals surface area (Å²) in [5.74, 6) is 0. The molecule has 1 rings (SSSR count). The molecule has 5 heteroatoms. The van der Waals surface area contributed by atoms with E-state index in [9.17, 15) is 5.11 Å². The Bertz CT molecular complexity index is 483. The SMILES string of the molecule is CSc1ccc([C@H](O)[C@H](CO[Si](C)(C)C(C)(C)C)N(C)C)cc1. The predicted molar refractivity (Wildman–Crippen MR) is 104 cm³/mol. The fourth-order valence-electron chi connectivity index (χ4n) is 2.06. The number of aliphatic hydroxyl groups is 1. The molecule has 0 bridgehead atoms. The van der Waals surface area contributed by atoms with Gasteiger partial charge in [0.15, 0.2) is 8.32 Å². The van der Waals surface area contributed by atoms with Crippen molar-refractivity contribution in [2.45, 2.75) is 55.9 Å². The van der Waals surface area contributed by atoms with Gasteiger partial charge in [-0.2, -0.15) is 0 Å². The predicted octanol–water partition coefficient (Wildman–Crippen LogP) is 4.39. The molecule has 2 atom stereocenters. The molecule has 23 heavy (non-hydrogen) atoms. The van der Waals surface area contributed by atoms with E-state index in [1.807, 2.05) is 26.2 Å². The maximum atomic E-state index is 10.8. The van der Waals surface area contributed by atoms with Crippen LogP contribution in [0.3, 0.4) is 0 Å². The zero-order valence-electron chi connectivity index (χ0n) is 15.9. The minimum Gasteiger partial charge on any atom is -0.415 e. The normalized spacial score (nSPS) is 15.7. The van der Waals surface area contributed by atoms with Gasteiger partial charge in [0.25, 0.3) is 0 Å². The Morgan fingerprint density at radius 1 is 1.17 bits per heavy atom. The molecular formula is C18H33NO2SSi. The molecule has 0 saturated heterocycles. The van der Waals surface area contributed by atoms with Gasteiger partial charge in [0, 0.05) is 4.90 Å². The second-order valence-corrected chi connectivity index (χ2v) is 13.5. The minimum absolute atomic E-state index is 0.0516. The highest BCUT2D eigenvalue weighted by Gasteiger charge is 2.38. The smallest absolute Gasteiger partial charge is 0.192 e. The monoisotopic (exact) mass is 355 g/mol. The van der Waals surface area contributed by atoms with Gasteiger partial charge in [-0.15, -0.1) is 11.8 Å². The number of aliphatic hydroxyl groups excluding tert-OH is 1. The van der Waals surface area contributed by atoms with Crippen LogP contribution in [-0.2, 0) is 4.43 Å². The average Bonchev–Trinajstić information content (AvgIpc) is 2.45. The highest BCUT2D eigenvalue weighted by molar-refractivity contribution is 7.98. The lowest BCUT2D eigenvalue weighted by Crippen LogP contribution is -2.46. The molecule has 0 saturated carbocycles. The summed E-state index contributed by atoms with van der Waals surface area (Å²) >= 11 is 1.71. The number of rotatable bonds is 7. The lowest BCUT2D eigenvalue weighted by Gasteiger charge is -2.39. The maximum absolute atomic E-state index is 10.8. The van der Waals surface area contributed by atoms with E-state index < -0.39 is 14.4 Å². The van der Waals surface area contributed by atoms with E-state index in [4.69, 9.17) is 4.43 Å². The van der Waals surface area contributed by atoms with Crippen LogP contribution >= 0.6 is 11.8 Å². The number of hydrogen-bond donors (Lipinski definition) is 1. The summed E-state index contributed by atoms with van der Waals surface area (Å²) in [6.07, 6.45) is 1.51. The zero-order valence-corrected chi connectivity index (χ0v) is 17.7. The third-order valence-electron chi connectivity index (χ3n) is 4.91. The Labute approximate surface area is 147 Å². The van der Waals surface area contributed by atoms with E-state index in [0.717, 1.165) is 5.56 Å². The van der Waals surface area contributed by atoms with Gasteiger partial charge < -0.3 is 14.4 Å². The summed E-state index contributed by atoms with van der Waals surface area (Å²) in [6, 6.07) is 8.10. The largest absolute Gasteiger partial charge is 0.415 e. The van der Waals surface area contributed by atoms with Crippen LogP contribution < -0.4 is 0 Å². The minimum atomic E-state index is -1.82. The summed E-state index contributed by atoms with van der Waals surface area (Å²) in [7, 11) is 2.18. The molecule has 0 aromatic heterocycles. The van der Waals surface area contributed by atoms with Crippen molar-refractivity contribution in [3.63, 3.8) is 0 Å². The topological polar surface area (TPSA) is 32.7 Å². The first-order valence-corrected chi connectivity index (χ1v) is 12.3. The van der Waals surface area contributed by atoms with Gasteiger partial charge in [-0.3, -0.25) is 0 Å². The summed E-state index contributed by atoms with van der Waals surface area (Å²) in [6.45, 7) is 11.8. The van der Waals surface area contributed by atoms with Gasteiger partial charge in [-0.25, -0.2) is 0 Å². The standard InChI is InChI=1S/C18H33NO2SSi/c1-18(2,3)23(7,8)21-13-16(19(4)5)17(20)14-9-11-15(22-6)12-10-14/h9-12,16-17,20H,13H2,1-8H3/t16-,17-/m0/s1. The van der Waals surface area contributed by atoms with Crippen molar-refractivity contribution in [3.8, 4) is 0 Å².